The van der Waals surface area contributed by atoms with Crippen LogP contribution in [-0.4, -0.2) is 105 Å². The summed E-state index contributed by atoms with van der Waals surface area (Å²) in [5.41, 5.74) is 14.0. The smallest absolute Gasteiger partial charge is 0.274 e. The molecule has 3 aromatic rings. The Balaban J connectivity index is 1.76. The number of nitrogens with one attached hydrogen (secondary N) is 2. The number of halogens is 1. The molecule has 0 aliphatic rings. The van der Waals surface area contributed by atoms with Crippen LogP contribution in [-0.2, 0) is 17.6 Å². The maximum absolute atomic E-state index is 13.4. The van der Waals surface area contributed by atoms with Crippen LogP contribution in [0.25, 0.3) is 0 Å². The fourth-order valence-electron chi connectivity index (χ4n) is 5.05. The van der Waals surface area contributed by atoms with Crippen LogP contribution in [0.2, 0.25) is 5.15 Å². The summed E-state index contributed by atoms with van der Waals surface area (Å²) in [4.78, 5) is 36.8. The first-order valence-corrected chi connectivity index (χ1v) is 16.2. The van der Waals surface area contributed by atoms with E-state index < -0.39 is 11.9 Å². The van der Waals surface area contributed by atoms with E-state index in [-0.39, 0.29) is 34.8 Å². The Kier molecular flexibility index (Phi) is 14.5. The lowest BCUT2D eigenvalue weighted by Gasteiger charge is -2.28. The first kappa shape index (κ1) is 37.3. The summed E-state index contributed by atoms with van der Waals surface area (Å²) in [5, 5.41) is 5.86. The highest BCUT2D eigenvalue weighted by atomic mass is 35.5. The van der Waals surface area contributed by atoms with Crippen LogP contribution in [0.3, 0.4) is 0 Å². The number of methoxy groups -OCH3 is 2. The van der Waals surface area contributed by atoms with Gasteiger partial charge in [0.25, 0.3) is 5.91 Å². The molecule has 256 valence electrons. The Bertz CT molecular complexity index is 1380. The zero-order valence-corrected chi connectivity index (χ0v) is 29.0. The number of hydrogen-bond donors (Lipinski definition) is 4. The van der Waals surface area contributed by atoms with E-state index in [1.165, 1.54) is 11.1 Å². The summed E-state index contributed by atoms with van der Waals surface area (Å²) in [5.74, 6) is 0.715. The Morgan fingerprint density at radius 2 is 1.40 bits per heavy atom. The molecule has 0 bridgehead atoms. The number of quaternary nitrogens is 1. The standard InChI is InChI=1S/C34H49ClN8O4/c1-43(2,3)21-18-38-29(44)22-26(39-34(45)30-32(36)41-33(37)31(35)40-30)23-42(19-6-8-24-10-14-27(46-4)15-11-24)20-7-9-25-12-16-28(47-5)17-13-25/h10-17,26H,6-9,18-23H2,1-5H3,(H5-,36,37,38,39,41,44,45)/p+1. The molecule has 1 heterocycles. The fourth-order valence-corrected chi connectivity index (χ4v) is 5.18. The number of ether oxygens (including phenoxy) is 2. The Morgan fingerprint density at radius 3 is 1.89 bits per heavy atom. The first-order chi connectivity index (χ1) is 22.4. The van der Waals surface area contributed by atoms with Gasteiger partial charge in [-0.1, -0.05) is 35.9 Å². The van der Waals surface area contributed by atoms with Gasteiger partial charge < -0.3 is 41.0 Å². The molecule has 0 aliphatic carbocycles. The van der Waals surface area contributed by atoms with Gasteiger partial charge >= 0.3 is 0 Å². The first-order valence-electron chi connectivity index (χ1n) is 15.8. The summed E-state index contributed by atoms with van der Waals surface area (Å²) in [6.07, 6.45) is 3.59. The van der Waals surface area contributed by atoms with Crippen molar-refractivity contribution in [2.24, 2.45) is 0 Å². The molecule has 1 aromatic heterocycles. The van der Waals surface area contributed by atoms with Crippen LogP contribution in [0.5, 0.6) is 11.5 Å². The molecule has 3 rings (SSSR count). The second-order valence-corrected chi connectivity index (χ2v) is 12.9. The summed E-state index contributed by atoms with van der Waals surface area (Å²) < 4.78 is 11.3. The minimum atomic E-state index is -0.572. The van der Waals surface area contributed by atoms with Gasteiger partial charge in [0.15, 0.2) is 22.5 Å². The highest BCUT2D eigenvalue weighted by Crippen LogP contribution is 2.18. The molecule has 1 atom stereocenters. The SMILES string of the molecule is COc1ccc(CCCN(CCCc2ccc(OC)cc2)CC(CC(=O)NCC[N+](C)(C)C)NC(=O)c2nc(Cl)c(N)nc2N)cc1. The lowest BCUT2D eigenvalue weighted by Crippen LogP contribution is -2.48. The van der Waals surface area contributed by atoms with Crippen molar-refractivity contribution in [1.29, 1.82) is 0 Å². The van der Waals surface area contributed by atoms with E-state index in [4.69, 9.17) is 32.5 Å². The third kappa shape index (κ3) is 13.3. The number of carbonyl (C=O) groups is 2. The van der Waals surface area contributed by atoms with Gasteiger partial charge in [-0.25, -0.2) is 9.97 Å². The molecular formula is C34H50ClN8O4+. The number of amides is 2. The van der Waals surface area contributed by atoms with Gasteiger partial charge in [0.2, 0.25) is 5.91 Å². The zero-order valence-electron chi connectivity index (χ0n) is 28.2. The number of carbonyl (C=O) groups excluding carboxylic acids is 2. The largest absolute Gasteiger partial charge is 0.497 e. The van der Waals surface area contributed by atoms with E-state index in [0.29, 0.717) is 17.6 Å². The maximum atomic E-state index is 13.4. The van der Waals surface area contributed by atoms with E-state index in [0.717, 1.165) is 56.8 Å². The third-order valence-electron chi connectivity index (χ3n) is 7.67. The quantitative estimate of drug-likeness (QED) is 0.141. The van der Waals surface area contributed by atoms with E-state index in [9.17, 15) is 9.59 Å². The van der Waals surface area contributed by atoms with Crippen LogP contribution in [0.4, 0.5) is 11.6 Å². The van der Waals surface area contributed by atoms with E-state index in [1.807, 2.05) is 24.3 Å². The molecule has 0 saturated carbocycles. The van der Waals surface area contributed by atoms with Crippen molar-refractivity contribution >= 4 is 35.1 Å². The molecule has 0 aliphatic heterocycles. The summed E-state index contributed by atoms with van der Waals surface area (Å²) in [6, 6.07) is 15.6. The van der Waals surface area contributed by atoms with Crippen LogP contribution in [0.15, 0.2) is 48.5 Å². The minimum absolute atomic E-state index is 0.0613. The van der Waals surface area contributed by atoms with Gasteiger partial charge in [-0.2, -0.15) is 0 Å². The predicted octanol–water partition coefficient (Wildman–Crippen LogP) is 3.19. The summed E-state index contributed by atoms with van der Waals surface area (Å²) in [6.45, 7) is 3.25. The molecule has 13 heteroatoms. The van der Waals surface area contributed by atoms with Crippen LogP contribution >= 0.6 is 11.6 Å². The molecule has 0 radical (unpaired) electrons. The molecule has 0 fully saturated rings. The lowest BCUT2D eigenvalue weighted by atomic mass is 10.1. The van der Waals surface area contributed by atoms with Gasteiger partial charge in [-0.15, -0.1) is 0 Å². The lowest BCUT2D eigenvalue weighted by molar-refractivity contribution is -0.869. The number of nitrogens with zero attached hydrogens (tertiary/aromatic N) is 4. The number of aromatic nitrogens is 2. The van der Waals surface area contributed by atoms with Crippen LogP contribution in [0, 0.1) is 0 Å². The molecule has 47 heavy (non-hydrogen) atoms. The number of nitrogen functional groups attached to an aromatic ring is 2. The maximum Gasteiger partial charge on any atom is 0.274 e. The second kappa shape index (κ2) is 18.3. The third-order valence-corrected chi connectivity index (χ3v) is 7.95. The van der Waals surface area contributed by atoms with Gasteiger partial charge in [-0.3, -0.25) is 9.59 Å². The van der Waals surface area contributed by atoms with Gasteiger partial charge in [0.05, 0.1) is 54.5 Å². The molecule has 0 spiro atoms. The van der Waals surface area contributed by atoms with Crippen molar-refractivity contribution in [3.8, 4) is 11.5 Å². The molecule has 12 nitrogen and oxygen atoms in total. The zero-order chi connectivity index (χ0) is 34.4. The van der Waals surface area contributed by atoms with Crippen molar-refractivity contribution in [2.45, 2.75) is 38.1 Å². The van der Waals surface area contributed by atoms with Gasteiger partial charge in [-0.05, 0) is 74.2 Å². The number of aryl methyl sites for hydroxylation is 2. The second-order valence-electron chi connectivity index (χ2n) is 12.6. The Labute approximate surface area is 283 Å². The highest BCUT2D eigenvalue weighted by molar-refractivity contribution is 6.31. The molecule has 2 amide bonds. The average molecular weight is 670 g/mol. The number of anilines is 2. The number of hydrogen-bond acceptors (Lipinski definition) is 9. The van der Waals surface area contributed by atoms with E-state index >= 15 is 0 Å². The van der Waals surface area contributed by atoms with E-state index in [2.05, 4.69) is 70.9 Å². The van der Waals surface area contributed by atoms with Crippen molar-refractivity contribution in [3.05, 3.63) is 70.5 Å². The fraction of sp³-hybridized carbons (Fsp3) is 0.471. The van der Waals surface area contributed by atoms with Crippen LogP contribution in [0.1, 0.15) is 40.9 Å². The predicted molar refractivity (Wildman–Crippen MR) is 187 cm³/mol. The Hall–Kier alpha value is -4.13. The number of likely N-dealkylation sites (N-methyl/N-ethyl adjacent to an activating group) is 1. The Morgan fingerprint density at radius 1 is 0.872 bits per heavy atom. The summed E-state index contributed by atoms with van der Waals surface area (Å²) >= 11 is 6.06. The highest BCUT2D eigenvalue weighted by Gasteiger charge is 2.24. The monoisotopic (exact) mass is 669 g/mol. The van der Waals surface area contributed by atoms with Crippen LogP contribution < -0.4 is 31.6 Å². The normalized spacial score (nSPS) is 12.1. The minimum Gasteiger partial charge on any atom is -0.497 e. The molecular weight excluding hydrogens is 620 g/mol. The van der Waals surface area contributed by atoms with Gasteiger partial charge in [0.1, 0.15) is 11.5 Å². The molecule has 1 unspecified atom stereocenters. The van der Waals surface area contributed by atoms with Crippen molar-refractivity contribution in [2.75, 3.05) is 79.6 Å². The summed E-state index contributed by atoms with van der Waals surface area (Å²) in [7, 11) is 9.50. The number of nitrogens with two attached hydrogens (primary N) is 2. The van der Waals surface area contributed by atoms with Crippen molar-refractivity contribution in [3.63, 3.8) is 0 Å². The van der Waals surface area contributed by atoms with Crippen molar-refractivity contribution < 1.29 is 23.5 Å². The molecule has 6 N–H and O–H groups in total. The average Bonchev–Trinajstić information content (AvgIpc) is 3.02. The molecule has 2 aromatic carbocycles. The molecule has 0 saturated heterocycles. The van der Waals surface area contributed by atoms with Gasteiger partial charge in [0, 0.05) is 13.0 Å². The van der Waals surface area contributed by atoms with Crippen molar-refractivity contribution in [1.82, 2.24) is 25.5 Å². The number of benzene rings is 2. The number of rotatable bonds is 19. The topological polar surface area (TPSA) is 158 Å². The van der Waals surface area contributed by atoms with E-state index in [1.54, 1.807) is 14.2 Å².